The van der Waals surface area contributed by atoms with Gasteiger partial charge in [0, 0.05) is 68.4 Å². The summed E-state index contributed by atoms with van der Waals surface area (Å²) in [5.41, 5.74) is -1.33. The molecule has 3 amide bonds. The number of carbonyl (C=O) groups excluding carboxylic acids is 3. The fourth-order valence-electron chi connectivity index (χ4n) is 5.21. The van der Waals surface area contributed by atoms with Gasteiger partial charge in [0.2, 0.25) is 0 Å². The second-order valence-electron chi connectivity index (χ2n) is 9.56. The molecule has 3 saturated heterocycles. The maximum atomic E-state index is 13.7. The lowest BCUT2D eigenvalue weighted by molar-refractivity contribution is -0.130. The number of imide groups is 1. The topological polar surface area (TPSA) is 93.8 Å². The molecule has 0 bridgehead atoms. The van der Waals surface area contributed by atoms with E-state index in [1.807, 2.05) is 18.7 Å². The molecule has 0 spiro atoms. The SMILES string of the molecule is C[C@H]1CN(CC(C)(C=O)CC2(C3CNC3)NC(=O)NC2=O)CCN1c1ccc(F)c(F)c1. The van der Waals surface area contributed by atoms with Gasteiger partial charge in [-0.2, -0.15) is 0 Å². The summed E-state index contributed by atoms with van der Waals surface area (Å²) in [6.07, 6.45) is 1.09. The van der Waals surface area contributed by atoms with Crippen molar-refractivity contribution in [1.82, 2.24) is 20.9 Å². The van der Waals surface area contributed by atoms with Crippen molar-refractivity contribution in [2.45, 2.75) is 31.8 Å². The Hall–Kier alpha value is -2.59. The van der Waals surface area contributed by atoms with Crippen molar-refractivity contribution < 1.29 is 23.2 Å². The molecule has 0 aliphatic carbocycles. The van der Waals surface area contributed by atoms with Gasteiger partial charge in [-0.05, 0) is 25.5 Å². The van der Waals surface area contributed by atoms with Gasteiger partial charge in [-0.1, -0.05) is 6.92 Å². The summed E-state index contributed by atoms with van der Waals surface area (Å²) in [4.78, 5) is 41.0. The lowest BCUT2D eigenvalue weighted by Gasteiger charge is -2.47. The molecule has 32 heavy (non-hydrogen) atoms. The fourth-order valence-corrected chi connectivity index (χ4v) is 5.21. The average molecular weight is 450 g/mol. The van der Waals surface area contributed by atoms with Crippen LogP contribution in [0.4, 0.5) is 19.3 Å². The van der Waals surface area contributed by atoms with Crippen LogP contribution < -0.4 is 20.9 Å². The highest BCUT2D eigenvalue weighted by atomic mass is 19.2. The van der Waals surface area contributed by atoms with Crippen molar-refractivity contribution >= 4 is 23.9 Å². The second kappa shape index (κ2) is 8.40. The van der Waals surface area contributed by atoms with E-state index >= 15 is 0 Å². The van der Waals surface area contributed by atoms with Gasteiger partial charge in [-0.3, -0.25) is 15.0 Å². The zero-order valence-electron chi connectivity index (χ0n) is 18.3. The Balaban J connectivity index is 1.45. The van der Waals surface area contributed by atoms with Gasteiger partial charge in [0.25, 0.3) is 5.91 Å². The summed E-state index contributed by atoms with van der Waals surface area (Å²) in [6.45, 7) is 7.30. The summed E-state index contributed by atoms with van der Waals surface area (Å²) < 4.78 is 27.0. The molecule has 3 N–H and O–H groups in total. The third kappa shape index (κ3) is 4.09. The third-order valence-corrected chi connectivity index (χ3v) is 6.95. The summed E-state index contributed by atoms with van der Waals surface area (Å²) in [7, 11) is 0. The summed E-state index contributed by atoms with van der Waals surface area (Å²) >= 11 is 0. The molecule has 3 aliphatic rings. The van der Waals surface area contributed by atoms with E-state index in [1.54, 1.807) is 6.07 Å². The number of anilines is 1. The van der Waals surface area contributed by atoms with Crippen LogP contribution in [0.1, 0.15) is 20.3 Å². The molecule has 3 atom stereocenters. The maximum Gasteiger partial charge on any atom is 0.322 e. The van der Waals surface area contributed by atoms with E-state index in [2.05, 4.69) is 20.9 Å². The lowest BCUT2D eigenvalue weighted by Crippen LogP contribution is -2.66. The zero-order valence-corrected chi connectivity index (χ0v) is 18.3. The number of nitrogens with zero attached hydrogens (tertiary/aromatic N) is 2. The van der Waals surface area contributed by atoms with E-state index in [-0.39, 0.29) is 24.3 Å². The first kappa shape index (κ1) is 22.6. The minimum atomic E-state index is -1.10. The molecular formula is C22H29F2N5O3. The van der Waals surface area contributed by atoms with Crippen molar-refractivity contribution in [3.63, 3.8) is 0 Å². The van der Waals surface area contributed by atoms with Gasteiger partial charge in [0.05, 0.1) is 0 Å². The number of aldehydes is 1. The van der Waals surface area contributed by atoms with E-state index in [0.29, 0.717) is 45.0 Å². The van der Waals surface area contributed by atoms with Crippen LogP contribution in [0.15, 0.2) is 18.2 Å². The first-order chi connectivity index (χ1) is 15.2. The van der Waals surface area contributed by atoms with Gasteiger partial charge < -0.3 is 20.3 Å². The Labute approximate surface area is 185 Å². The molecule has 0 radical (unpaired) electrons. The Bertz CT molecular complexity index is 927. The zero-order chi connectivity index (χ0) is 23.1. The van der Waals surface area contributed by atoms with Gasteiger partial charge in [-0.15, -0.1) is 0 Å². The van der Waals surface area contributed by atoms with Gasteiger partial charge in [-0.25, -0.2) is 13.6 Å². The monoisotopic (exact) mass is 449 g/mol. The summed E-state index contributed by atoms with van der Waals surface area (Å²) in [6, 6.07) is 3.39. The predicted molar refractivity (Wildman–Crippen MR) is 114 cm³/mol. The quantitative estimate of drug-likeness (QED) is 0.423. The van der Waals surface area contributed by atoms with Crippen molar-refractivity contribution in [2.75, 3.05) is 44.2 Å². The van der Waals surface area contributed by atoms with Crippen LogP contribution in [0.25, 0.3) is 0 Å². The number of hydrogen-bond donors (Lipinski definition) is 3. The molecule has 3 aliphatic heterocycles. The van der Waals surface area contributed by atoms with Gasteiger partial charge in [0.15, 0.2) is 11.6 Å². The first-order valence-corrected chi connectivity index (χ1v) is 10.9. The highest BCUT2D eigenvalue weighted by Crippen LogP contribution is 2.37. The Morgan fingerprint density at radius 1 is 1.22 bits per heavy atom. The molecule has 1 aromatic carbocycles. The van der Waals surface area contributed by atoms with Crippen LogP contribution in [0.5, 0.6) is 0 Å². The van der Waals surface area contributed by atoms with Gasteiger partial charge in [0.1, 0.15) is 11.8 Å². The minimum Gasteiger partial charge on any atom is -0.366 e. The highest BCUT2D eigenvalue weighted by molar-refractivity contribution is 6.07. The van der Waals surface area contributed by atoms with Crippen LogP contribution in [0, 0.1) is 23.0 Å². The molecule has 10 heteroatoms. The molecule has 3 heterocycles. The number of nitrogens with one attached hydrogen (secondary N) is 3. The van der Waals surface area contributed by atoms with E-state index in [9.17, 15) is 23.2 Å². The van der Waals surface area contributed by atoms with E-state index < -0.39 is 28.6 Å². The smallest absolute Gasteiger partial charge is 0.322 e. The Morgan fingerprint density at radius 3 is 2.50 bits per heavy atom. The number of halogens is 2. The van der Waals surface area contributed by atoms with Gasteiger partial charge >= 0.3 is 6.03 Å². The number of piperazine rings is 1. The number of urea groups is 1. The molecule has 3 fully saturated rings. The fraction of sp³-hybridized carbons (Fsp3) is 0.591. The number of amides is 3. The molecule has 0 aromatic heterocycles. The van der Waals surface area contributed by atoms with Crippen LogP contribution >= 0.6 is 0 Å². The highest BCUT2D eigenvalue weighted by Gasteiger charge is 2.56. The Morgan fingerprint density at radius 2 is 1.97 bits per heavy atom. The molecule has 1 aromatic rings. The van der Waals surface area contributed by atoms with E-state index in [4.69, 9.17) is 0 Å². The van der Waals surface area contributed by atoms with Crippen LogP contribution in [-0.4, -0.2) is 74.0 Å². The summed E-state index contributed by atoms with van der Waals surface area (Å²) in [5, 5.41) is 8.27. The normalized spacial score (nSPS) is 28.6. The number of rotatable bonds is 7. The van der Waals surface area contributed by atoms with Crippen LogP contribution in [0.2, 0.25) is 0 Å². The van der Waals surface area contributed by atoms with E-state index in [0.717, 1.165) is 12.4 Å². The number of benzene rings is 1. The largest absolute Gasteiger partial charge is 0.366 e. The maximum absolute atomic E-state index is 13.7. The lowest BCUT2D eigenvalue weighted by atomic mass is 9.69. The predicted octanol–water partition coefficient (Wildman–Crippen LogP) is 0.868. The van der Waals surface area contributed by atoms with Crippen molar-refractivity contribution in [3.05, 3.63) is 29.8 Å². The molecular weight excluding hydrogens is 420 g/mol. The Kier molecular flexibility index (Phi) is 5.93. The molecule has 4 rings (SSSR count). The third-order valence-electron chi connectivity index (χ3n) is 6.95. The first-order valence-electron chi connectivity index (χ1n) is 10.9. The number of hydrogen-bond acceptors (Lipinski definition) is 6. The average Bonchev–Trinajstić information content (AvgIpc) is 2.95. The second-order valence-corrected chi connectivity index (χ2v) is 9.56. The molecule has 174 valence electrons. The van der Waals surface area contributed by atoms with Crippen LogP contribution in [-0.2, 0) is 9.59 Å². The summed E-state index contributed by atoms with van der Waals surface area (Å²) in [5.74, 6) is -2.20. The van der Waals surface area contributed by atoms with Crippen molar-refractivity contribution in [3.8, 4) is 0 Å². The number of carbonyl (C=O) groups is 3. The minimum absolute atomic E-state index is 0.0174. The van der Waals surface area contributed by atoms with Crippen molar-refractivity contribution in [1.29, 1.82) is 0 Å². The molecule has 0 saturated carbocycles. The molecule has 8 nitrogen and oxygen atoms in total. The van der Waals surface area contributed by atoms with Crippen LogP contribution in [0.3, 0.4) is 0 Å². The van der Waals surface area contributed by atoms with Crippen molar-refractivity contribution in [2.24, 2.45) is 11.3 Å². The van der Waals surface area contributed by atoms with E-state index in [1.165, 1.54) is 6.07 Å². The molecule has 2 unspecified atom stereocenters. The standard InChI is InChI=1S/C22H29F2N5O3/c1-14-10-28(5-6-29(14)16-3-4-17(23)18(24)7-16)12-21(2,13-30)11-22(15-8-25-9-15)19(31)26-20(32)27-22/h3-4,7,13-15,25H,5-6,8-12H2,1-2H3,(H2,26,27,31,32)/t14-,21?,22?/m0/s1.